The third-order valence-corrected chi connectivity index (χ3v) is 8.66. The molecule has 0 atom stereocenters. The number of alkyl halides is 4. The first-order chi connectivity index (χ1) is 17.8. The molecule has 0 aromatic carbocycles. The molecule has 0 heterocycles. The van der Waals surface area contributed by atoms with E-state index in [4.69, 9.17) is 16.3 Å². The molecule has 0 aliphatic heterocycles. The first-order valence-corrected chi connectivity index (χ1v) is 14.4. The quantitative estimate of drug-likeness (QED) is 0.0942. The smallest absolute Gasteiger partial charge is 0.333 e. The first-order valence-electron chi connectivity index (χ1n) is 14.1. The molecule has 0 saturated heterocycles. The van der Waals surface area contributed by atoms with Gasteiger partial charge >= 0.3 is 5.97 Å². The number of ether oxygens (including phenoxy) is 1. The molecular formula is C31H52ClF4O4-. The summed E-state index contributed by atoms with van der Waals surface area (Å²) in [5, 5.41) is 9.72. The minimum atomic E-state index is -2.55. The average molecular weight is 600 g/mol. The van der Waals surface area contributed by atoms with E-state index >= 15 is 0 Å². The van der Waals surface area contributed by atoms with E-state index in [9.17, 15) is 32.3 Å². The summed E-state index contributed by atoms with van der Waals surface area (Å²) in [4.78, 5) is 21.6. The number of hydrogen-bond acceptors (Lipinski definition) is 4. The summed E-state index contributed by atoms with van der Waals surface area (Å²) >= 11 is 4.87. The molecule has 0 aromatic rings. The molecule has 2 aliphatic carbocycles. The van der Waals surface area contributed by atoms with Gasteiger partial charge in [-0.2, -0.15) is 0 Å². The largest absolute Gasteiger partial charge is 0.455 e. The lowest BCUT2D eigenvalue weighted by atomic mass is 9.73. The van der Waals surface area contributed by atoms with Crippen molar-refractivity contribution in [1.29, 1.82) is 0 Å². The minimum absolute atomic E-state index is 0. The molecule has 0 aromatic heterocycles. The molecule has 2 aliphatic rings. The van der Waals surface area contributed by atoms with Gasteiger partial charge in [0.05, 0.1) is 5.60 Å². The third-order valence-electron chi connectivity index (χ3n) is 8.34. The van der Waals surface area contributed by atoms with Crippen molar-refractivity contribution in [3.8, 4) is 0 Å². The summed E-state index contributed by atoms with van der Waals surface area (Å²) in [5.74, 6) is -5.37. The molecule has 4 nitrogen and oxygen atoms in total. The zero-order valence-electron chi connectivity index (χ0n) is 25.6. The monoisotopic (exact) mass is 599 g/mol. The zero-order chi connectivity index (χ0) is 30.7. The van der Waals surface area contributed by atoms with E-state index < -0.39 is 34.3 Å². The fraction of sp³-hybridized carbons (Fsp3) is 0.774. The SMILES string of the molecule is C=C(C)C(=O)Cl.C=C(C)C(=O)OC(CC)(CC)C1CCC(F)(F)CC1.CCC(O)(CC)C1CCC(F)(F)CC1.[CH3-]. The van der Waals surface area contributed by atoms with Gasteiger partial charge < -0.3 is 17.3 Å². The Morgan fingerprint density at radius 2 is 1.12 bits per heavy atom. The highest BCUT2D eigenvalue weighted by molar-refractivity contribution is 6.67. The average Bonchev–Trinajstić information content (AvgIpc) is 2.87. The second-order valence-electron chi connectivity index (χ2n) is 11.1. The summed E-state index contributed by atoms with van der Waals surface area (Å²) in [5.41, 5.74) is -0.590. The van der Waals surface area contributed by atoms with Crippen LogP contribution in [0.1, 0.15) is 119 Å². The predicted molar refractivity (Wildman–Crippen MR) is 156 cm³/mol. The number of carbonyl (C=O) groups excluding carboxylic acids is 2. The summed E-state index contributed by atoms with van der Waals surface area (Å²) in [6.45, 7) is 17.8. The lowest BCUT2D eigenvalue weighted by molar-refractivity contribution is -0.168. The predicted octanol–water partition coefficient (Wildman–Crippen LogP) is 9.63. The van der Waals surface area contributed by atoms with Crippen LogP contribution in [0.4, 0.5) is 17.6 Å². The van der Waals surface area contributed by atoms with E-state index in [-0.39, 0.29) is 44.9 Å². The summed E-state index contributed by atoms with van der Waals surface area (Å²) in [6.07, 6.45) is 4.07. The number of rotatable bonds is 9. The number of allylic oxidation sites excluding steroid dienone is 1. The molecule has 0 bridgehead atoms. The highest BCUT2D eigenvalue weighted by atomic mass is 35.5. The van der Waals surface area contributed by atoms with Crippen LogP contribution in [0, 0.1) is 19.3 Å². The summed E-state index contributed by atoms with van der Waals surface area (Å²) in [6, 6.07) is 0. The van der Waals surface area contributed by atoms with Crippen molar-refractivity contribution < 1.29 is 37.0 Å². The molecular weight excluding hydrogens is 548 g/mol. The van der Waals surface area contributed by atoms with Crippen LogP contribution in [0.3, 0.4) is 0 Å². The fourth-order valence-electron chi connectivity index (χ4n) is 5.30. The molecule has 0 unspecified atom stereocenters. The van der Waals surface area contributed by atoms with E-state index in [0.29, 0.717) is 62.5 Å². The molecule has 236 valence electrons. The summed E-state index contributed by atoms with van der Waals surface area (Å²) in [7, 11) is 0. The number of halogens is 5. The number of carbonyl (C=O) groups is 2. The number of aliphatic hydroxyl groups is 1. The normalized spacial score (nSPS) is 19.0. The number of hydrogen-bond donors (Lipinski definition) is 1. The van der Waals surface area contributed by atoms with Crippen LogP contribution in [-0.2, 0) is 14.3 Å². The maximum atomic E-state index is 13.2. The Balaban J connectivity index is 0. The Morgan fingerprint density at radius 1 is 0.800 bits per heavy atom. The van der Waals surface area contributed by atoms with Gasteiger partial charge in [0.1, 0.15) is 5.60 Å². The second-order valence-corrected chi connectivity index (χ2v) is 11.4. The topological polar surface area (TPSA) is 63.6 Å². The van der Waals surface area contributed by atoms with E-state index in [2.05, 4.69) is 13.2 Å². The van der Waals surface area contributed by atoms with Gasteiger partial charge in [0.15, 0.2) is 0 Å². The van der Waals surface area contributed by atoms with Gasteiger partial charge in [-0.05, 0) is 88.7 Å². The Labute approximate surface area is 245 Å². The second kappa shape index (κ2) is 17.5. The lowest BCUT2D eigenvalue weighted by Crippen LogP contribution is -2.44. The fourth-order valence-corrected chi connectivity index (χ4v) is 5.30. The third kappa shape index (κ3) is 13.1. The molecule has 9 heteroatoms. The van der Waals surface area contributed by atoms with Crippen LogP contribution < -0.4 is 0 Å². The molecule has 2 fully saturated rings. The van der Waals surface area contributed by atoms with Crippen LogP contribution in [0.25, 0.3) is 0 Å². The van der Waals surface area contributed by atoms with Crippen LogP contribution in [0.5, 0.6) is 0 Å². The van der Waals surface area contributed by atoms with E-state index in [1.807, 2.05) is 27.7 Å². The van der Waals surface area contributed by atoms with E-state index in [1.165, 1.54) is 0 Å². The molecule has 0 amide bonds. The Bertz CT molecular complexity index is 788. The van der Waals surface area contributed by atoms with Crippen molar-refractivity contribution in [2.75, 3.05) is 0 Å². The maximum Gasteiger partial charge on any atom is 0.333 e. The van der Waals surface area contributed by atoms with Crippen LogP contribution >= 0.6 is 11.6 Å². The van der Waals surface area contributed by atoms with Crippen LogP contribution in [0.15, 0.2) is 24.3 Å². The maximum absolute atomic E-state index is 13.2. The standard InChI is InChI=1S/C15H24F2O2.C11H20F2O.C4H5ClO.CH3/c1-5-14(6-2,19-13(18)11(3)4)12-7-9-15(16,17)10-8-12;1-3-10(14,4-2)9-5-7-11(12,13)8-6-9;1-3(2)4(5)6;/h12H,3,5-10H2,1-2,4H3;9,14H,3-8H2,1-2H3;1H2,2H3;1H3/q;;;-1. The molecule has 1 N–H and O–H groups in total. The molecule has 40 heavy (non-hydrogen) atoms. The van der Waals surface area contributed by atoms with Crippen molar-refractivity contribution in [2.45, 2.75) is 142 Å². The van der Waals surface area contributed by atoms with Crippen molar-refractivity contribution in [2.24, 2.45) is 11.8 Å². The van der Waals surface area contributed by atoms with Gasteiger partial charge in [0.25, 0.3) is 0 Å². The molecule has 0 spiro atoms. The van der Waals surface area contributed by atoms with E-state index in [0.717, 1.165) is 0 Å². The minimum Gasteiger partial charge on any atom is -0.455 e. The van der Waals surface area contributed by atoms with Crippen molar-refractivity contribution in [3.05, 3.63) is 31.7 Å². The van der Waals surface area contributed by atoms with Gasteiger partial charge in [-0.3, -0.25) is 4.79 Å². The van der Waals surface area contributed by atoms with Gasteiger partial charge in [-0.15, -0.1) is 0 Å². The van der Waals surface area contributed by atoms with Gasteiger partial charge in [-0.1, -0.05) is 40.9 Å². The lowest BCUT2D eigenvalue weighted by Gasteiger charge is -2.42. The highest BCUT2D eigenvalue weighted by Gasteiger charge is 2.45. The van der Waals surface area contributed by atoms with Crippen molar-refractivity contribution >= 4 is 22.8 Å². The van der Waals surface area contributed by atoms with Crippen LogP contribution in [-0.4, -0.2) is 39.4 Å². The van der Waals surface area contributed by atoms with E-state index in [1.54, 1.807) is 13.8 Å². The first kappa shape index (κ1) is 40.7. The van der Waals surface area contributed by atoms with Crippen molar-refractivity contribution in [1.82, 2.24) is 0 Å². The molecule has 0 radical (unpaired) electrons. The Kier molecular flexibility index (Phi) is 17.8. The Hall–Kier alpha value is -1.41. The number of esters is 1. The van der Waals surface area contributed by atoms with Gasteiger partial charge in [-0.25, -0.2) is 22.4 Å². The molecule has 2 saturated carbocycles. The highest BCUT2D eigenvalue weighted by Crippen LogP contribution is 2.45. The van der Waals surface area contributed by atoms with Crippen LogP contribution in [0.2, 0.25) is 0 Å². The summed E-state index contributed by atoms with van der Waals surface area (Å²) < 4.78 is 57.9. The Morgan fingerprint density at radius 3 is 1.38 bits per heavy atom. The zero-order valence-corrected chi connectivity index (χ0v) is 26.4. The van der Waals surface area contributed by atoms with Crippen molar-refractivity contribution in [3.63, 3.8) is 0 Å². The molecule has 2 rings (SSSR count). The van der Waals surface area contributed by atoms with Gasteiger partial charge in [0.2, 0.25) is 17.1 Å². The van der Waals surface area contributed by atoms with Gasteiger partial charge in [0, 0.05) is 36.8 Å².